The van der Waals surface area contributed by atoms with E-state index in [1.54, 1.807) is 37.4 Å². The molecule has 0 saturated heterocycles. The Bertz CT molecular complexity index is 817. The van der Waals surface area contributed by atoms with E-state index in [0.29, 0.717) is 12.2 Å². The summed E-state index contributed by atoms with van der Waals surface area (Å²) in [4.78, 5) is 12.4. The van der Waals surface area contributed by atoms with E-state index in [9.17, 15) is 13.2 Å². The first-order valence-corrected chi connectivity index (χ1v) is 8.87. The molecule has 0 aliphatic rings. The number of hydrogen-bond donors (Lipinski definition) is 2. The molecule has 0 saturated carbocycles. The first kappa shape index (κ1) is 18.1. The van der Waals surface area contributed by atoms with E-state index < -0.39 is 10.0 Å². The topological polar surface area (TPSA) is 98.5 Å². The van der Waals surface area contributed by atoms with Gasteiger partial charge in [-0.05, 0) is 42.3 Å². The molecule has 0 spiro atoms. The fourth-order valence-corrected chi connectivity index (χ4v) is 2.79. The fraction of sp³-hybridized carbons (Fsp3) is 0.235. The van der Waals surface area contributed by atoms with Crippen molar-refractivity contribution in [3.8, 4) is 0 Å². The van der Waals surface area contributed by atoms with Gasteiger partial charge in [0.15, 0.2) is 0 Å². The van der Waals surface area contributed by atoms with Crippen molar-refractivity contribution in [2.24, 2.45) is 5.14 Å². The van der Waals surface area contributed by atoms with E-state index in [4.69, 9.17) is 9.88 Å². The summed E-state index contributed by atoms with van der Waals surface area (Å²) in [6.07, 6.45) is 0. The van der Waals surface area contributed by atoms with Crippen LogP contribution >= 0.6 is 0 Å². The molecule has 7 heteroatoms. The molecule has 128 valence electrons. The second-order valence-electron chi connectivity index (χ2n) is 5.44. The SMILES string of the molecule is COCc1cccc(C(=O)N[C@@H](C)c2ccc(S(N)(=O)=O)cc2)c1. The molecule has 0 radical (unpaired) electrons. The molecule has 0 heterocycles. The third-order valence-electron chi connectivity index (χ3n) is 3.56. The first-order valence-electron chi connectivity index (χ1n) is 7.33. The first-order chi connectivity index (χ1) is 11.3. The van der Waals surface area contributed by atoms with Crippen molar-refractivity contribution in [1.29, 1.82) is 0 Å². The minimum Gasteiger partial charge on any atom is -0.380 e. The maximum absolute atomic E-state index is 12.3. The van der Waals surface area contributed by atoms with Crippen LogP contribution in [0.25, 0.3) is 0 Å². The fourth-order valence-electron chi connectivity index (χ4n) is 2.28. The van der Waals surface area contributed by atoms with Gasteiger partial charge in [0.05, 0.1) is 17.5 Å². The van der Waals surface area contributed by atoms with Crippen molar-refractivity contribution in [3.63, 3.8) is 0 Å². The molecule has 2 aromatic carbocycles. The molecular weight excluding hydrogens is 328 g/mol. The van der Waals surface area contributed by atoms with Crippen LogP contribution in [0.5, 0.6) is 0 Å². The number of carbonyl (C=O) groups is 1. The minimum absolute atomic E-state index is 0.0389. The van der Waals surface area contributed by atoms with Gasteiger partial charge in [0.1, 0.15) is 0 Å². The third kappa shape index (κ3) is 4.64. The van der Waals surface area contributed by atoms with Gasteiger partial charge in [0.2, 0.25) is 10.0 Å². The number of nitrogens with two attached hydrogens (primary N) is 1. The highest BCUT2D eigenvalue weighted by Crippen LogP contribution is 2.16. The number of carbonyl (C=O) groups excluding carboxylic acids is 1. The van der Waals surface area contributed by atoms with E-state index in [0.717, 1.165) is 11.1 Å². The van der Waals surface area contributed by atoms with E-state index in [1.165, 1.54) is 12.1 Å². The summed E-state index contributed by atoms with van der Waals surface area (Å²) < 4.78 is 27.6. The number of nitrogens with one attached hydrogen (secondary N) is 1. The number of ether oxygens (including phenoxy) is 1. The second-order valence-corrected chi connectivity index (χ2v) is 7.00. The number of methoxy groups -OCH3 is 1. The largest absolute Gasteiger partial charge is 0.380 e. The van der Waals surface area contributed by atoms with E-state index >= 15 is 0 Å². The lowest BCUT2D eigenvalue weighted by Crippen LogP contribution is -2.26. The van der Waals surface area contributed by atoms with Crippen LogP contribution in [0.1, 0.15) is 34.5 Å². The van der Waals surface area contributed by atoms with Crippen LogP contribution in [-0.2, 0) is 21.4 Å². The standard InChI is InChI=1S/C17H20N2O4S/c1-12(14-6-8-16(9-7-14)24(18,21)22)19-17(20)15-5-3-4-13(10-15)11-23-2/h3-10,12H,11H2,1-2H3,(H,19,20)(H2,18,21,22)/t12-/m0/s1. The maximum Gasteiger partial charge on any atom is 0.251 e. The highest BCUT2D eigenvalue weighted by molar-refractivity contribution is 7.89. The summed E-state index contributed by atoms with van der Waals surface area (Å²) >= 11 is 0. The van der Waals surface area contributed by atoms with Crippen molar-refractivity contribution in [2.45, 2.75) is 24.5 Å². The Hall–Kier alpha value is -2.22. The summed E-state index contributed by atoms with van der Waals surface area (Å²) in [5.41, 5.74) is 2.23. The molecule has 2 aromatic rings. The molecule has 1 amide bonds. The van der Waals surface area contributed by atoms with Gasteiger partial charge in [-0.25, -0.2) is 13.6 Å². The number of hydrogen-bond acceptors (Lipinski definition) is 4. The third-order valence-corrected chi connectivity index (χ3v) is 4.49. The summed E-state index contributed by atoms with van der Waals surface area (Å²) in [5.74, 6) is -0.212. The Morgan fingerprint density at radius 1 is 1.21 bits per heavy atom. The van der Waals surface area contributed by atoms with Crippen LogP contribution in [0.2, 0.25) is 0 Å². The molecule has 3 N–H and O–H groups in total. The summed E-state index contributed by atoms with van der Waals surface area (Å²) in [6, 6.07) is 13.0. The number of sulfonamides is 1. The number of amides is 1. The van der Waals surface area contributed by atoms with Crippen LogP contribution in [0.4, 0.5) is 0 Å². The van der Waals surface area contributed by atoms with Crippen molar-refractivity contribution >= 4 is 15.9 Å². The Morgan fingerprint density at radius 2 is 1.88 bits per heavy atom. The second kappa shape index (κ2) is 7.57. The van der Waals surface area contributed by atoms with Gasteiger partial charge in [-0.3, -0.25) is 4.79 Å². The Morgan fingerprint density at radius 3 is 2.46 bits per heavy atom. The molecule has 2 rings (SSSR count). The molecular formula is C17H20N2O4S. The number of rotatable bonds is 6. The number of benzene rings is 2. The van der Waals surface area contributed by atoms with Crippen molar-refractivity contribution in [2.75, 3.05) is 7.11 Å². The molecule has 0 aliphatic heterocycles. The van der Waals surface area contributed by atoms with Crippen LogP contribution in [0.3, 0.4) is 0 Å². The van der Waals surface area contributed by atoms with Gasteiger partial charge in [-0.2, -0.15) is 0 Å². The summed E-state index contributed by atoms with van der Waals surface area (Å²) in [7, 11) is -2.12. The van der Waals surface area contributed by atoms with E-state index in [2.05, 4.69) is 5.32 Å². The van der Waals surface area contributed by atoms with Crippen LogP contribution < -0.4 is 10.5 Å². The van der Waals surface area contributed by atoms with Crippen LogP contribution in [-0.4, -0.2) is 21.4 Å². The summed E-state index contributed by atoms with van der Waals surface area (Å²) in [6.45, 7) is 2.26. The van der Waals surface area contributed by atoms with Crippen molar-refractivity contribution in [1.82, 2.24) is 5.32 Å². The highest BCUT2D eigenvalue weighted by atomic mass is 32.2. The lowest BCUT2D eigenvalue weighted by Gasteiger charge is -2.15. The minimum atomic E-state index is -3.72. The van der Waals surface area contributed by atoms with Crippen molar-refractivity contribution < 1.29 is 17.9 Å². The van der Waals surface area contributed by atoms with Gasteiger partial charge >= 0.3 is 0 Å². The maximum atomic E-state index is 12.3. The predicted molar refractivity (Wildman–Crippen MR) is 90.9 cm³/mol. The quantitative estimate of drug-likeness (QED) is 0.834. The zero-order chi connectivity index (χ0) is 17.7. The average molecular weight is 348 g/mol. The Balaban J connectivity index is 2.10. The van der Waals surface area contributed by atoms with E-state index in [-0.39, 0.29) is 16.8 Å². The molecule has 0 unspecified atom stereocenters. The van der Waals surface area contributed by atoms with Crippen LogP contribution in [0.15, 0.2) is 53.4 Å². The van der Waals surface area contributed by atoms with Gasteiger partial charge in [0.25, 0.3) is 5.91 Å². The Labute approximate surface area is 141 Å². The molecule has 0 aliphatic carbocycles. The number of primary sulfonamides is 1. The average Bonchev–Trinajstić information content (AvgIpc) is 2.54. The zero-order valence-corrected chi connectivity index (χ0v) is 14.3. The van der Waals surface area contributed by atoms with Crippen LogP contribution in [0, 0.1) is 0 Å². The summed E-state index contributed by atoms with van der Waals surface area (Å²) in [5, 5.41) is 7.95. The van der Waals surface area contributed by atoms with Gasteiger partial charge in [0, 0.05) is 12.7 Å². The Kier molecular flexibility index (Phi) is 5.71. The lowest BCUT2D eigenvalue weighted by atomic mass is 10.1. The van der Waals surface area contributed by atoms with Gasteiger partial charge in [-0.15, -0.1) is 0 Å². The molecule has 0 bridgehead atoms. The monoisotopic (exact) mass is 348 g/mol. The van der Waals surface area contributed by atoms with E-state index in [1.807, 2.05) is 13.0 Å². The zero-order valence-electron chi connectivity index (χ0n) is 13.5. The van der Waals surface area contributed by atoms with Crippen molar-refractivity contribution in [3.05, 3.63) is 65.2 Å². The smallest absolute Gasteiger partial charge is 0.251 e. The van der Waals surface area contributed by atoms with Gasteiger partial charge in [-0.1, -0.05) is 24.3 Å². The lowest BCUT2D eigenvalue weighted by molar-refractivity contribution is 0.0939. The molecule has 0 aromatic heterocycles. The predicted octanol–water partition coefficient (Wildman–Crippen LogP) is 1.97. The normalized spacial score (nSPS) is 12.6. The molecule has 24 heavy (non-hydrogen) atoms. The molecule has 0 fully saturated rings. The van der Waals surface area contributed by atoms with Gasteiger partial charge < -0.3 is 10.1 Å². The highest BCUT2D eigenvalue weighted by Gasteiger charge is 2.13. The molecule has 1 atom stereocenters. The molecule has 6 nitrogen and oxygen atoms in total.